The van der Waals surface area contributed by atoms with E-state index in [9.17, 15) is 0 Å². The minimum atomic E-state index is 0.307. The van der Waals surface area contributed by atoms with Gasteiger partial charge in [0.25, 0.3) is 0 Å². The molecule has 1 aromatic carbocycles. The molecule has 1 aliphatic rings. The number of alkyl halides is 1. The van der Waals surface area contributed by atoms with Crippen LogP contribution < -0.4 is 0 Å². The molecule has 0 amide bonds. The summed E-state index contributed by atoms with van der Waals surface area (Å²) in [6.45, 7) is 2.17. The molecular formula is C15H14Br2S. The highest BCUT2D eigenvalue weighted by atomic mass is 79.9. The average Bonchev–Trinajstić information content (AvgIpc) is 3.11. The van der Waals surface area contributed by atoms with E-state index in [2.05, 4.69) is 75.2 Å². The lowest BCUT2D eigenvalue weighted by Crippen LogP contribution is -2.12. The molecular weight excluding hydrogens is 372 g/mol. The highest BCUT2D eigenvalue weighted by Crippen LogP contribution is 2.61. The lowest BCUT2D eigenvalue weighted by molar-refractivity contribution is 0.687. The Morgan fingerprint density at radius 3 is 2.39 bits per heavy atom. The van der Waals surface area contributed by atoms with E-state index in [0.717, 1.165) is 0 Å². The highest BCUT2D eigenvalue weighted by molar-refractivity contribution is 9.11. The maximum absolute atomic E-state index is 3.95. The van der Waals surface area contributed by atoms with Gasteiger partial charge < -0.3 is 0 Å². The second-order valence-corrected chi connectivity index (χ2v) is 8.01. The predicted octanol–water partition coefficient (Wildman–Crippen LogP) is 5.99. The number of halogens is 2. The zero-order valence-corrected chi connectivity index (χ0v) is 14.1. The minimum absolute atomic E-state index is 0.307. The maximum atomic E-state index is 3.95. The lowest BCUT2D eigenvalue weighted by atomic mass is 9.92. The zero-order chi connectivity index (χ0) is 12.8. The molecule has 1 aromatic heterocycles. The van der Waals surface area contributed by atoms with Gasteiger partial charge in [0.2, 0.25) is 0 Å². The van der Waals surface area contributed by atoms with E-state index >= 15 is 0 Å². The molecule has 1 unspecified atom stereocenters. The van der Waals surface area contributed by atoms with E-state index < -0.39 is 0 Å². The van der Waals surface area contributed by atoms with Crippen LogP contribution in [0.4, 0.5) is 0 Å². The van der Waals surface area contributed by atoms with Crippen LogP contribution in [0.5, 0.6) is 0 Å². The first kappa shape index (κ1) is 12.9. The molecule has 1 aliphatic carbocycles. The summed E-state index contributed by atoms with van der Waals surface area (Å²) in [7, 11) is 0. The number of benzene rings is 1. The zero-order valence-electron chi connectivity index (χ0n) is 10.1. The normalized spacial score (nSPS) is 18.6. The number of rotatable bonds is 3. The molecule has 1 heterocycles. The van der Waals surface area contributed by atoms with Crippen molar-refractivity contribution < 1.29 is 0 Å². The van der Waals surface area contributed by atoms with E-state index in [1.807, 2.05) is 11.3 Å². The fourth-order valence-corrected chi connectivity index (χ4v) is 6.05. The van der Waals surface area contributed by atoms with Gasteiger partial charge in [0, 0.05) is 19.6 Å². The molecule has 1 fully saturated rings. The van der Waals surface area contributed by atoms with Gasteiger partial charge in [-0.2, -0.15) is 0 Å². The fraction of sp³-hybridized carbons (Fsp3) is 0.333. The lowest BCUT2D eigenvalue weighted by Gasteiger charge is -2.22. The average molecular weight is 386 g/mol. The van der Waals surface area contributed by atoms with Crippen molar-refractivity contribution in [3.63, 3.8) is 0 Å². The fourth-order valence-electron chi connectivity index (χ4n) is 2.52. The number of hydrogen-bond donors (Lipinski definition) is 0. The van der Waals surface area contributed by atoms with Crippen LogP contribution in [0.2, 0.25) is 0 Å². The maximum Gasteiger partial charge on any atom is 0.0597 e. The molecule has 0 aliphatic heterocycles. The monoisotopic (exact) mass is 384 g/mol. The van der Waals surface area contributed by atoms with Crippen LogP contribution in [0.15, 0.2) is 40.9 Å². The third-order valence-electron chi connectivity index (χ3n) is 3.69. The van der Waals surface area contributed by atoms with Crippen LogP contribution in [0, 0.1) is 6.92 Å². The van der Waals surface area contributed by atoms with Gasteiger partial charge in [-0.1, -0.05) is 46.3 Å². The van der Waals surface area contributed by atoms with Gasteiger partial charge in [0.15, 0.2) is 0 Å². The molecule has 3 heteroatoms. The van der Waals surface area contributed by atoms with E-state index in [1.54, 1.807) is 0 Å². The smallest absolute Gasteiger partial charge is 0.0597 e. The van der Waals surface area contributed by atoms with E-state index in [0.29, 0.717) is 10.2 Å². The molecule has 0 spiro atoms. The second kappa shape index (κ2) is 4.77. The van der Waals surface area contributed by atoms with Gasteiger partial charge in [0.05, 0.1) is 4.83 Å². The van der Waals surface area contributed by atoms with Crippen molar-refractivity contribution in [3.05, 3.63) is 56.2 Å². The van der Waals surface area contributed by atoms with Gasteiger partial charge in [-0.3, -0.25) is 0 Å². The Labute approximate surface area is 129 Å². The Morgan fingerprint density at radius 2 is 1.89 bits per heavy atom. The van der Waals surface area contributed by atoms with E-state index in [-0.39, 0.29) is 0 Å². The van der Waals surface area contributed by atoms with Crippen molar-refractivity contribution in [2.75, 3.05) is 0 Å². The SMILES string of the molecule is Cc1cc(Br)c(C(Br)C2(c3ccccc3)CC2)s1. The van der Waals surface area contributed by atoms with Crippen LogP contribution in [0.1, 0.15) is 33.0 Å². The Bertz CT molecular complexity index is 555. The standard InChI is InChI=1S/C15H14Br2S/c1-10-9-12(16)13(18-10)14(17)15(7-8-15)11-5-3-2-4-6-11/h2-6,9,14H,7-8H2,1H3. The number of hydrogen-bond acceptors (Lipinski definition) is 1. The molecule has 3 rings (SSSR count). The van der Waals surface area contributed by atoms with Crippen LogP contribution in [-0.4, -0.2) is 0 Å². The summed E-state index contributed by atoms with van der Waals surface area (Å²) in [5, 5.41) is 0. The summed E-state index contributed by atoms with van der Waals surface area (Å²) in [5.74, 6) is 0. The van der Waals surface area contributed by atoms with Crippen molar-refractivity contribution in [1.29, 1.82) is 0 Å². The van der Waals surface area contributed by atoms with Crippen molar-refractivity contribution in [1.82, 2.24) is 0 Å². The summed E-state index contributed by atoms with van der Waals surface area (Å²) in [6.07, 6.45) is 2.55. The van der Waals surface area contributed by atoms with Crippen LogP contribution in [-0.2, 0) is 5.41 Å². The Hall–Kier alpha value is -0.120. The molecule has 18 heavy (non-hydrogen) atoms. The van der Waals surface area contributed by atoms with Crippen LogP contribution >= 0.6 is 43.2 Å². The Balaban J connectivity index is 1.98. The summed E-state index contributed by atoms with van der Waals surface area (Å²) in [4.78, 5) is 3.21. The molecule has 94 valence electrons. The van der Waals surface area contributed by atoms with E-state index in [4.69, 9.17) is 0 Å². The number of aryl methyl sites for hydroxylation is 1. The van der Waals surface area contributed by atoms with Gasteiger partial charge in [-0.15, -0.1) is 11.3 Å². The van der Waals surface area contributed by atoms with E-state index in [1.165, 1.54) is 32.6 Å². The van der Waals surface area contributed by atoms with Crippen LogP contribution in [0.3, 0.4) is 0 Å². The molecule has 0 nitrogen and oxygen atoms in total. The molecule has 0 bridgehead atoms. The topological polar surface area (TPSA) is 0 Å². The molecule has 1 saturated carbocycles. The molecule has 0 radical (unpaired) electrons. The first-order valence-electron chi connectivity index (χ1n) is 6.09. The number of thiophene rings is 1. The molecule has 0 N–H and O–H groups in total. The van der Waals surface area contributed by atoms with Gasteiger partial charge >= 0.3 is 0 Å². The first-order chi connectivity index (χ1) is 8.63. The van der Waals surface area contributed by atoms with Crippen molar-refractivity contribution in [2.45, 2.75) is 30.0 Å². The van der Waals surface area contributed by atoms with Crippen molar-refractivity contribution in [3.8, 4) is 0 Å². The quantitative estimate of drug-likeness (QED) is 0.569. The van der Waals surface area contributed by atoms with Gasteiger partial charge in [-0.05, 0) is 47.3 Å². The second-order valence-electron chi connectivity index (χ2n) is 4.95. The van der Waals surface area contributed by atoms with Crippen molar-refractivity contribution in [2.24, 2.45) is 0 Å². The minimum Gasteiger partial charge on any atom is -0.143 e. The summed E-state index contributed by atoms with van der Waals surface area (Å²) in [6, 6.07) is 13.1. The third-order valence-corrected chi connectivity index (χ3v) is 7.36. The third kappa shape index (κ3) is 2.10. The molecule has 0 saturated heterocycles. The highest BCUT2D eigenvalue weighted by Gasteiger charge is 2.51. The van der Waals surface area contributed by atoms with Gasteiger partial charge in [0.1, 0.15) is 0 Å². The Kier molecular flexibility index (Phi) is 3.41. The van der Waals surface area contributed by atoms with Crippen molar-refractivity contribution >= 4 is 43.2 Å². The largest absolute Gasteiger partial charge is 0.143 e. The summed E-state index contributed by atoms with van der Waals surface area (Å²) >= 11 is 9.53. The molecule has 1 atom stereocenters. The van der Waals surface area contributed by atoms with Crippen LogP contribution in [0.25, 0.3) is 0 Å². The summed E-state index contributed by atoms with van der Waals surface area (Å²) in [5.41, 5.74) is 1.77. The predicted molar refractivity (Wildman–Crippen MR) is 85.8 cm³/mol. The van der Waals surface area contributed by atoms with Gasteiger partial charge in [-0.25, -0.2) is 0 Å². The first-order valence-corrected chi connectivity index (χ1v) is 8.61. The summed E-state index contributed by atoms with van der Waals surface area (Å²) < 4.78 is 1.24. The Morgan fingerprint density at radius 1 is 1.22 bits per heavy atom. The molecule has 2 aromatic rings.